The van der Waals surface area contributed by atoms with E-state index in [9.17, 15) is 20.1 Å². The van der Waals surface area contributed by atoms with Gasteiger partial charge >= 0.3 is 0 Å². The van der Waals surface area contributed by atoms with E-state index in [1.54, 1.807) is 0 Å². The van der Waals surface area contributed by atoms with Gasteiger partial charge in [-0.3, -0.25) is 4.79 Å². The fourth-order valence-corrected chi connectivity index (χ4v) is 6.01. The lowest BCUT2D eigenvalue weighted by molar-refractivity contribution is -0.142. The molecule has 0 aliphatic carbocycles. The smallest absolute Gasteiger partial charge is 0.171 e. The number of fused-ring (bicyclic) bond motifs is 1. The van der Waals surface area contributed by atoms with E-state index < -0.39 is 24.2 Å². The Morgan fingerprint density at radius 2 is 1.46 bits per heavy atom. The standard InChI is InChI=1S/C32H54O5/c1-20(2)12-9-13-21(3)14-10-15-22(4)16-11-17-32(8)27(30(36)28(34)19-33)18-26-25(7)29(35)23(5)24(6)31(26)37-32/h20-22,27-28,33-35H,9-19H2,1-8H3/t21-,22+,27?,28?,32-/m0/s1. The molecule has 0 fully saturated rings. The van der Waals surface area contributed by atoms with Gasteiger partial charge in [-0.25, -0.2) is 0 Å². The number of rotatable bonds is 15. The molecule has 5 heteroatoms. The van der Waals surface area contributed by atoms with Gasteiger partial charge in [0.2, 0.25) is 0 Å². The second kappa shape index (κ2) is 14.0. The zero-order valence-electron chi connectivity index (χ0n) is 24.8. The van der Waals surface area contributed by atoms with Crippen molar-refractivity contribution in [3.05, 3.63) is 22.3 Å². The molecule has 2 unspecified atom stereocenters. The highest BCUT2D eigenvalue weighted by Gasteiger charge is 2.47. The molecule has 3 N–H and O–H groups in total. The van der Waals surface area contributed by atoms with E-state index in [1.165, 1.54) is 38.5 Å². The second-order valence-electron chi connectivity index (χ2n) is 12.7. The van der Waals surface area contributed by atoms with Crippen LogP contribution in [0.4, 0.5) is 0 Å². The predicted molar refractivity (Wildman–Crippen MR) is 151 cm³/mol. The van der Waals surface area contributed by atoms with Gasteiger partial charge < -0.3 is 20.1 Å². The Labute approximate surface area is 226 Å². The molecular formula is C32H54O5. The summed E-state index contributed by atoms with van der Waals surface area (Å²) in [5, 5.41) is 30.3. The summed E-state index contributed by atoms with van der Waals surface area (Å²) < 4.78 is 6.62. The number of carbonyl (C=O) groups is 1. The molecular weight excluding hydrogens is 464 g/mol. The Kier molecular flexibility index (Phi) is 12.0. The van der Waals surface area contributed by atoms with Crippen molar-refractivity contribution in [2.24, 2.45) is 23.7 Å². The minimum absolute atomic E-state index is 0.237. The molecule has 0 amide bonds. The molecule has 37 heavy (non-hydrogen) atoms. The number of aromatic hydroxyl groups is 1. The van der Waals surface area contributed by atoms with E-state index in [1.807, 2.05) is 27.7 Å². The Morgan fingerprint density at radius 1 is 0.919 bits per heavy atom. The number of aliphatic hydroxyl groups excluding tert-OH is 2. The molecule has 0 bridgehead atoms. The number of hydrogen-bond acceptors (Lipinski definition) is 5. The van der Waals surface area contributed by atoms with E-state index in [-0.39, 0.29) is 11.5 Å². The fourth-order valence-electron chi connectivity index (χ4n) is 6.01. The number of ketones is 1. The Morgan fingerprint density at radius 3 is 2.00 bits per heavy atom. The summed E-state index contributed by atoms with van der Waals surface area (Å²) in [4.78, 5) is 13.2. The van der Waals surface area contributed by atoms with Gasteiger partial charge in [0, 0.05) is 5.56 Å². The molecule has 1 aliphatic heterocycles. The first kappa shape index (κ1) is 31.6. The zero-order valence-corrected chi connectivity index (χ0v) is 24.8. The van der Waals surface area contributed by atoms with E-state index in [4.69, 9.17) is 4.74 Å². The molecule has 0 spiro atoms. The third-order valence-electron chi connectivity index (χ3n) is 8.91. The van der Waals surface area contributed by atoms with Crippen LogP contribution in [-0.2, 0) is 11.2 Å². The van der Waals surface area contributed by atoms with Crippen molar-refractivity contribution in [1.82, 2.24) is 0 Å². The zero-order chi connectivity index (χ0) is 27.9. The number of hydrogen-bond donors (Lipinski definition) is 3. The van der Waals surface area contributed by atoms with E-state index >= 15 is 0 Å². The van der Waals surface area contributed by atoms with Crippen LogP contribution < -0.4 is 4.74 Å². The van der Waals surface area contributed by atoms with Gasteiger partial charge in [0.1, 0.15) is 23.2 Å². The maximum absolute atomic E-state index is 13.2. The van der Waals surface area contributed by atoms with Crippen molar-refractivity contribution in [2.45, 2.75) is 131 Å². The summed E-state index contributed by atoms with van der Waals surface area (Å²) in [6.07, 6.45) is 9.44. The molecule has 1 aliphatic rings. The highest BCUT2D eigenvalue weighted by molar-refractivity contribution is 5.87. The summed E-state index contributed by atoms with van der Waals surface area (Å²) >= 11 is 0. The van der Waals surface area contributed by atoms with Crippen LogP contribution in [0.15, 0.2) is 0 Å². The fraction of sp³-hybridized carbons (Fsp3) is 0.781. The van der Waals surface area contributed by atoms with Gasteiger partial charge in [0.25, 0.3) is 0 Å². The Bertz CT molecular complexity index is 892. The Balaban J connectivity index is 2.03. The third-order valence-corrected chi connectivity index (χ3v) is 8.91. The van der Waals surface area contributed by atoms with Crippen LogP contribution in [0.25, 0.3) is 0 Å². The van der Waals surface area contributed by atoms with Crippen molar-refractivity contribution in [2.75, 3.05) is 6.61 Å². The quantitative estimate of drug-likeness (QED) is 0.233. The van der Waals surface area contributed by atoms with Crippen LogP contribution in [0.2, 0.25) is 0 Å². The van der Waals surface area contributed by atoms with E-state index in [2.05, 4.69) is 27.7 Å². The molecule has 2 rings (SSSR count). The minimum Gasteiger partial charge on any atom is -0.507 e. The molecule has 212 valence electrons. The number of phenols is 1. The summed E-state index contributed by atoms with van der Waals surface area (Å²) in [6, 6.07) is 0. The number of Topliss-reactive ketones (excluding diaryl/α,β-unsaturated/α-hetero) is 1. The molecule has 0 aromatic heterocycles. The minimum atomic E-state index is -1.42. The lowest BCUT2D eigenvalue weighted by Crippen LogP contribution is -2.52. The number of phenolic OH excluding ortho intramolecular Hbond substituents is 1. The van der Waals surface area contributed by atoms with Crippen molar-refractivity contribution in [3.8, 4) is 11.5 Å². The lowest BCUT2D eigenvalue weighted by atomic mass is 9.73. The third kappa shape index (κ3) is 8.20. The van der Waals surface area contributed by atoms with Gasteiger partial charge in [-0.05, 0) is 81.4 Å². The largest absolute Gasteiger partial charge is 0.507 e. The molecule has 0 radical (unpaired) electrons. The maximum atomic E-state index is 13.2. The van der Waals surface area contributed by atoms with E-state index in [0.717, 1.165) is 52.7 Å². The number of benzene rings is 1. The molecule has 0 saturated carbocycles. The SMILES string of the molecule is Cc1c(C)c2c(c(C)c1O)CC(C(=O)C(O)CO)[C@](C)(CCC[C@H](C)CCC[C@@H](C)CCCC(C)C)O2. The monoisotopic (exact) mass is 518 g/mol. The topological polar surface area (TPSA) is 87.0 Å². The van der Waals surface area contributed by atoms with Crippen LogP contribution in [-0.4, -0.2) is 39.4 Å². The van der Waals surface area contributed by atoms with Crippen molar-refractivity contribution in [1.29, 1.82) is 0 Å². The van der Waals surface area contributed by atoms with Gasteiger partial charge in [-0.15, -0.1) is 0 Å². The van der Waals surface area contributed by atoms with Gasteiger partial charge in [0.15, 0.2) is 5.78 Å². The van der Waals surface area contributed by atoms with Crippen LogP contribution >= 0.6 is 0 Å². The highest BCUT2D eigenvalue weighted by Crippen LogP contribution is 2.47. The van der Waals surface area contributed by atoms with Gasteiger partial charge in [-0.2, -0.15) is 0 Å². The number of carbonyl (C=O) groups excluding carboxylic acids is 1. The molecule has 1 aromatic carbocycles. The van der Waals surface area contributed by atoms with Crippen LogP contribution in [0, 0.1) is 44.4 Å². The summed E-state index contributed by atoms with van der Waals surface area (Å²) in [7, 11) is 0. The molecule has 1 aromatic rings. The Hall–Kier alpha value is -1.59. The summed E-state index contributed by atoms with van der Waals surface area (Å²) in [6.45, 7) is 16.4. The van der Waals surface area contributed by atoms with Crippen molar-refractivity contribution >= 4 is 5.78 Å². The maximum Gasteiger partial charge on any atom is 0.171 e. The van der Waals surface area contributed by atoms with Gasteiger partial charge in [-0.1, -0.05) is 72.6 Å². The molecule has 5 nitrogen and oxygen atoms in total. The number of ether oxygens (including phenoxy) is 1. The average molecular weight is 519 g/mol. The van der Waals surface area contributed by atoms with Crippen LogP contribution in [0.3, 0.4) is 0 Å². The molecule has 0 saturated heterocycles. The van der Waals surface area contributed by atoms with Gasteiger partial charge in [0.05, 0.1) is 12.5 Å². The first-order valence-electron chi connectivity index (χ1n) is 14.7. The first-order chi connectivity index (χ1) is 17.3. The summed E-state index contributed by atoms with van der Waals surface area (Å²) in [5.74, 6) is 2.23. The normalized spacial score (nSPS) is 21.9. The van der Waals surface area contributed by atoms with Crippen LogP contribution in [0.5, 0.6) is 11.5 Å². The van der Waals surface area contributed by atoms with Crippen LogP contribution in [0.1, 0.15) is 115 Å². The van der Waals surface area contributed by atoms with E-state index in [0.29, 0.717) is 18.8 Å². The predicted octanol–water partition coefficient (Wildman–Crippen LogP) is 6.99. The highest BCUT2D eigenvalue weighted by atomic mass is 16.5. The lowest BCUT2D eigenvalue weighted by Gasteiger charge is -2.44. The summed E-state index contributed by atoms with van der Waals surface area (Å²) in [5.41, 5.74) is 2.48. The van der Waals surface area contributed by atoms with Crippen molar-refractivity contribution < 1.29 is 24.9 Å². The first-order valence-corrected chi connectivity index (χ1v) is 14.7. The average Bonchev–Trinajstić information content (AvgIpc) is 2.84. The van der Waals surface area contributed by atoms with Crippen molar-refractivity contribution in [3.63, 3.8) is 0 Å². The second-order valence-corrected chi connectivity index (χ2v) is 12.7. The number of aliphatic hydroxyl groups is 2. The molecule has 5 atom stereocenters. The molecule has 1 heterocycles.